The van der Waals surface area contributed by atoms with Crippen LogP contribution in [0.25, 0.3) is 10.8 Å². The zero-order chi connectivity index (χ0) is 12.1. The van der Waals surface area contributed by atoms with Gasteiger partial charge < -0.3 is 5.32 Å². The van der Waals surface area contributed by atoms with E-state index in [9.17, 15) is 4.79 Å². The molecule has 2 nitrogen and oxygen atoms in total. The molecule has 0 aromatic heterocycles. The fraction of sp³-hybridized carbons (Fsp3) is 0.133. The minimum atomic E-state index is -0.0335. The first-order chi connectivity index (χ1) is 8.31. The first-order valence-electron chi connectivity index (χ1n) is 5.69. The third-order valence-electron chi connectivity index (χ3n) is 2.63. The van der Waals surface area contributed by atoms with E-state index in [0.29, 0.717) is 12.1 Å². The quantitative estimate of drug-likeness (QED) is 0.799. The monoisotopic (exact) mass is 225 g/mol. The van der Waals surface area contributed by atoms with E-state index in [0.717, 1.165) is 10.8 Å². The van der Waals surface area contributed by atoms with Crippen LogP contribution in [0.2, 0.25) is 0 Å². The Bertz CT molecular complexity index is 558. The van der Waals surface area contributed by atoms with Crippen molar-refractivity contribution in [3.05, 3.63) is 60.2 Å². The standard InChI is InChI=1S/C15H15NO/c1-2-3-10-16-15(17)14-9-8-12-6-4-5-7-13(12)11-14/h2-9,11H,10H2,1H3,(H,16,17)/b3-2+. The van der Waals surface area contributed by atoms with Gasteiger partial charge in [0.15, 0.2) is 0 Å². The van der Waals surface area contributed by atoms with Gasteiger partial charge in [0.05, 0.1) is 0 Å². The van der Waals surface area contributed by atoms with Gasteiger partial charge in [-0.15, -0.1) is 0 Å². The molecular formula is C15H15NO. The summed E-state index contributed by atoms with van der Waals surface area (Å²) in [5.74, 6) is -0.0335. The Labute approximate surface area is 101 Å². The van der Waals surface area contributed by atoms with Crippen molar-refractivity contribution in [2.75, 3.05) is 6.54 Å². The number of allylic oxidation sites excluding steroid dienone is 1. The van der Waals surface area contributed by atoms with Crippen LogP contribution in [0.4, 0.5) is 0 Å². The molecule has 0 unspecified atom stereocenters. The number of hydrogen-bond acceptors (Lipinski definition) is 1. The summed E-state index contributed by atoms with van der Waals surface area (Å²) < 4.78 is 0. The first-order valence-corrected chi connectivity index (χ1v) is 5.69. The minimum Gasteiger partial charge on any atom is -0.349 e. The van der Waals surface area contributed by atoms with Crippen LogP contribution < -0.4 is 5.32 Å². The van der Waals surface area contributed by atoms with Gasteiger partial charge in [0.1, 0.15) is 0 Å². The molecule has 1 amide bonds. The Morgan fingerprint density at radius 3 is 2.71 bits per heavy atom. The van der Waals surface area contributed by atoms with Crippen LogP contribution in [0.1, 0.15) is 17.3 Å². The Kier molecular flexibility index (Phi) is 3.55. The Balaban J connectivity index is 2.21. The zero-order valence-electron chi connectivity index (χ0n) is 9.81. The number of fused-ring (bicyclic) bond motifs is 1. The largest absolute Gasteiger partial charge is 0.349 e. The highest BCUT2D eigenvalue weighted by molar-refractivity contribution is 5.98. The van der Waals surface area contributed by atoms with Gasteiger partial charge in [-0.05, 0) is 29.8 Å². The van der Waals surface area contributed by atoms with E-state index in [2.05, 4.69) is 5.32 Å². The summed E-state index contributed by atoms with van der Waals surface area (Å²) in [6.45, 7) is 2.50. The van der Waals surface area contributed by atoms with Crippen molar-refractivity contribution in [3.63, 3.8) is 0 Å². The predicted molar refractivity (Wildman–Crippen MR) is 71.1 cm³/mol. The fourth-order valence-electron chi connectivity index (χ4n) is 1.70. The molecule has 1 N–H and O–H groups in total. The Morgan fingerprint density at radius 2 is 1.94 bits per heavy atom. The molecule has 0 aliphatic rings. The van der Waals surface area contributed by atoms with Crippen molar-refractivity contribution in [1.29, 1.82) is 0 Å². The summed E-state index contributed by atoms with van der Waals surface area (Å²) >= 11 is 0. The lowest BCUT2D eigenvalue weighted by molar-refractivity contribution is 0.0958. The molecular weight excluding hydrogens is 210 g/mol. The van der Waals surface area contributed by atoms with E-state index in [1.54, 1.807) is 0 Å². The fourth-order valence-corrected chi connectivity index (χ4v) is 1.70. The number of carbonyl (C=O) groups is 1. The van der Waals surface area contributed by atoms with E-state index in [1.165, 1.54) is 0 Å². The Hall–Kier alpha value is -2.09. The third kappa shape index (κ3) is 2.72. The lowest BCUT2D eigenvalue weighted by Crippen LogP contribution is -2.23. The number of carbonyl (C=O) groups excluding carboxylic acids is 1. The van der Waals surface area contributed by atoms with E-state index < -0.39 is 0 Å². The smallest absolute Gasteiger partial charge is 0.251 e. The number of benzene rings is 2. The van der Waals surface area contributed by atoms with Gasteiger partial charge in [-0.3, -0.25) is 4.79 Å². The van der Waals surface area contributed by atoms with Crippen LogP contribution in [0.3, 0.4) is 0 Å². The van der Waals surface area contributed by atoms with Gasteiger partial charge in [-0.1, -0.05) is 42.5 Å². The lowest BCUT2D eigenvalue weighted by Gasteiger charge is -2.04. The maximum absolute atomic E-state index is 11.8. The molecule has 2 aromatic rings. The van der Waals surface area contributed by atoms with Crippen LogP contribution in [0.15, 0.2) is 54.6 Å². The van der Waals surface area contributed by atoms with E-state index in [4.69, 9.17) is 0 Å². The van der Waals surface area contributed by atoms with Crippen LogP contribution >= 0.6 is 0 Å². The second kappa shape index (κ2) is 5.30. The summed E-state index contributed by atoms with van der Waals surface area (Å²) in [6, 6.07) is 13.8. The maximum atomic E-state index is 11.8. The minimum absolute atomic E-state index is 0.0335. The molecule has 0 saturated carbocycles. The van der Waals surface area contributed by atoms with E-state index in [-0.39, 0.29) is 5.91 Å². The normalized spacial score (nSPS) is 10.9. The highest BCUT2D eigenvalue weighted by Gasteiger charge is 2.04. The van der Waals surface area contributed by atoms with Crippen LogP contribution in [0.5, 0.6) is 0 Å². The van der Waals surface area contributed by atoms with Gasteiger partial charge in [0, 0.05) is 12.1 Å². The van der Waals surface area contributed by atoms with Crippen LogP contribution in [0, 0.1) is 0 Å². The molecule has 0 spiro atoms. The van der Waals surface area contributed by atoms with Crippen molar-refractivity contribution in [3.8, 4) is 0 Å². The van der Waals surface area contributed by atoms with Crippen molar-refractivity contribution in [1.82, 2.24) is 5.32 Å². The van der Waals surface area contributed by atoms with Crippen LogP contribution in [-0.2, 0) is 0 Å². The van der Waals surface area contributed by atoms with Crippen molar-refractivity contribution in [2.45, 2.75) is 6.92 Å². The Morgan fingerprint density at radius 1 is 1.18 bits per heavy atom. The predicted octanol–water partition coefficient (Wildman–Crippen LogP) is 3.15. The summed E-state index contributed by atoms with van der Waals surface area (Å²) in [5, 5.41) is 5.08. The molecule has 0 aliphatic heterocycles. The first kappa shape index (κ1) is 11.4. The molecule has 2 rings (SSSR count). The average molecular weight is 225 g/mol. The van der Waals surface area contributed by atoms with Gasteiger partial charge >= 0.3 is 0 Å². The van der Waals surface area contributed by atoms with Crippen molar-refractivity contribution in [2.24, 2.45) is 0 Å². The second-order valence-corrected chi connectivity index (χ2v) is 3.84. The van der Waals surface area contributed by atoms with Crippen molar-refractivity contribution >= 4 is 16.7 Å². The average Bonchev–Trinajstić information content (AvgIpc) is 2.38. The number of rotatable bonds is 3. The molecule has 86 valence electrons. The third-order valence-corrected chi connectivity index (χ3v) is 2.63. The molecule has 2 aromatic carbocycles. The topological polar surface area (TPSA) is 29.1 Å². The van der Waals surface area contributed by atoms with Crippen LogP contribution in [-0.4, -0.2) is 12.5 Å². The lowest BCUT2D eigenvalue weighted by atomic mass is 10.1. The molecule has 0 radical (unpaired) electrons. The van der Waals surface area contributed by atoms with Gasteiger partial charge in [-0.25, -0.2) is 0 Å². The molecule has 17 heavy (non-hydrogen) atoms. The van der Waals surface area contributed by atoms with Gasteiger partial charge in [-0.2, -0.15) is 0 Å². The molecule has 0 fully saturated rings. The highest BCUT2D eigenvalue weighted by Crippen LogP contribution is 2.15. The molecule has 0 heterocycles. The summed E-state index contributed by atoms with van der Waals surface area (Å²) in [6.07, 6.45) is 3.83. The number of amides is 1. The molecule has 0 aliphatic carbocycles. The number of hydrogen-bond donors (Lipinski definition) is 1. The molecule has 0 atom stereocenters. The van der Waals surface area contributed by atoms with E-state index in [1.807, 2.05) is 61.5 Å². The molecule has 0 saturated heterocycles. The summed E-state index contributed by atoms with van der Waals surface area (Å²) in [5.41, 5.74) is 0.702. The summed E-state index contributed by atoms with van der Waals surface area (Å²) in [7, 11) is 0. The van der Waals surface area contributed by atoms with Gasteiger partial charge in [0.25, 0.3) is 5.91 Å². The summed E-state index contributed by atoms with van der Waals surface area (Å²) in [4.78, 5) is 11.8. The molecule has 2 heteroatoms. The molecule has 0 bridgehead atoms. The maximum Gasteiger partial charge on any atom is 0.251 e. The van der Waals surface area contributed by atoms with Gasteiger partial charge in [0.2, 0.25) is 0 Å². The number of nitrogens with one attached hydrogen (secondary N) is 1. The van der Waals surface area contributed by atoms with E-state index >= 15 is 0 Å². The zero-order valence-corrected chi connectivity index (χ0v) is 9.81. The van der Waals surface area contributed by atoms with Crippen molar-refractivity contribution < 1.29 is 4.79 Å². The highest BCUT2D eigenvalue weighted by atomic mass is 16.1. The second-order valence-electron chi connectivity index (χ2n) is 3.84. The SMILES string of the molecule is C/C=C/CNC(=O)c1ccc2ccccc2c1.